The maximum atomic E-state index is 11.9. The molecule has 1 heterocycles. The molecule has 3 N–H and O–H groups in total. The average Bonchev–Trinajstić information content (AvgIpc) is 2.92. The van der Waals surface area contributed by atoms with Gasteiger partial charge in [-0.2, -0.15) is 0 Å². The maximum absolute atomic E-state index is 11.9. The monoisotopic (exact) mass is 260 g/mol. The van der Waals surface area contributed by atoms with Crippen LogP contribution in [0.2, 0.25) is 0 Å². The predicted molar refractivity (Wildman–Crippen MR) is 72.7 cm³/mol. The fourth-order valence-electron chi connectivity index (χ4n) is 1.97. The molecule has 19 heavy (non-hydrogen) atoms. The number of aliphatic carboxylic acids is 1. The van der Waals surface area contributed by atoms with Gasteiger partial charge in [-0.15, -0.1) is 0 Å². The number of benzene rings is 1. The van der Waals surface area contributed by atoms with E-state index in [-0.39, 0.29) is 11.8 Å². The third kappa shape index (κ3) is 3.93. The number of rotatable bonds is 4. The van der Waals surface area contributed by atoms with Crippen LogP contribution in [0.3, 0.4) is 0 Å². The first-order chi connectivity index (χ1) is 9.15. The number of carbonyl (C=O) groups excluding carboxylic acids is 1. The second-order valence-electron chi connectivity index (χ2n) is 4.47. The van der Waals surface area contributed by atoms with Crippen molar-refractivity contribution in [3.8, 4) is 0 Å². The highest BCUT2D eigenvalue weighted by Gasteiger charge is 2.22. The van der Waals surface area contributed by atoms with Gasteiger partial charge in [-0.1, -0.05) is 12.1 Å². The molecule has 0 aromatic heterocycles. The lowest BCUT2D eigenvalue weighted by atomic mass is 10.1. The summed E-state index contributed by atoms with van der Waals surface area (Å²) in [6, 6.07) is 7.06. The van der Waals surface area contributed by atoms with E-state index in [2.05, 4.69) is 10.6 Å². The Labute approximate surface area is 111 Å². The summed E-state index contributed by atoms with van der Waals surface area (Å²) in [5, 5.41) is 14.5. The molecule has 1 fully saturated rings. The number of carboxylic acid groups (broad SMARTS) is 1. The summed E-state index contributed by atoms with van der Waals surface area (Å²) in [4.78, 5) is 22.3. The molecule has 1 aromatic rings. The predicted octanol–water partition coefficient (Wildman–Crippen LogP) is 1.33. The highest BCUT2D eigenvalue weighted by molar-refractivity contribution is 5.93. The first kappa shape index (κ1) is 13.3. The van der Waals surface area contributed by atoms with Crippen LogP contribution < -0.4 is 10.6 Å². The Hall–Kier alpha value is -2.14. The van der Waals surface area contributed by atoms with Crippen molar-refractivity contribution in [2.45, 2.75) is 6.42 Å². The molecule has 2 rings (SSSR count). The molecule has 1 aliphatic rings. The van der Waals surface area contributed by atoms with Gasteiger partial charge in [-0.25, -0.2) is 4.79 Å². The van der Waals surface area contributed by atoms with Crippen LogP contribution in [0.15, 0.2) is 30.3 Å². The Morgan fingerprint density at radius 3 is 2.63 bits per heavy atom. The second kappa shape index (κ2) is 6.15. The zero-order valence-electron chi connectivity index (χ0n) is 10.4. The summed E-state index contributed by atoms with van der Waals surface area (Å²) >= 11 is 0. The van der Waals surface area contributed by atoms with Crippen LogP contribution >= 0.6 is 0 Å². The number of carboxylic acids is 1. The van der Waals surface area contributed by atoms with Crippen LogP contribution in [0.25, 0.3) is 6.08 Å². The second-order valence-corrected chi connectivity index (χ2v) is 4.47. The van der Waals surface area contributed by atoms with E-state index < -0.39 is 5.97 Å². The van der Waals surface area contributed by atoms with E-state index in [1.807, 2.05) is 0 Å². The quantitative estimate of drug-likeness (QED) is 0.714. The molecule has 1 unspecified atom stereocenters. The lowest BCUT2D eigenvalue weighted by Crippen LogP contribution is -2.24. The van der Waals surface area contributed by atoms with Crippen molar-refractivity contribution in [3.05, 3.63) is 35.9 Å². The normalized spacial score (nSPS) is 18.6. The van der Waals surface area contributed by atoms with Gasteiger partial charge in [-0.05, 0) is 36.7 Å². The number of hydrogen-bond acceptors (Lipinski definition) is 3. The molecule has 1 aromatic carbocycles. The number of amides is 1. The standard InChI is InChI=1S/C14H16N2O3/c17-13(18)6-3-10-1-4-12(5-2-10)16-14(19)11-7-8-15-9-11/h1-6,11,15H,7-9H2,(H,16,19)(H,17,18)/b6-3+. The van der Waals surface area contributed by atoms with Crippen molar-refractivity contribution in [2.24, 2.45) is 5.92 Å². The molecule has 0 saturated carbocycles. The molecule has 0 aliphatic carbocycles. The summed E-state index contributed by atoms with van der Waals surface area (Å²) < 4.78 is 0. The highest BCUT2D eigenvalue weighted by atomic mass is 16.4. The van der Waals surface area contributed by atoms with Gasteiger partial charge < -0.3 is 15.7 Å². The summed E-state index contributed by atoms with van der Waals surface area (Å²) in [6.07, 6.45) is 3.46. The SMILES string of the molecule is O=C(O)/C=C/c1ccc(NC(=O)C2CCNC2)cc1. The topological polar surface area (TPSA) is 78.4 Å². The lowest BCUT2D eigenvalue weighted by Gasteiger charge is -2.09. The van der Waals surface area contributed by atoms with Crippen molar-refractivity contribution in [1.29, 1.82) is 0 Å². The largest absolute Gasteiger partial charge is 0.478 e. The number of nitrogens with one attached hydrogen (secondary N) is 2. The van der Waals surface area contributed by atoms with Crippen LogP contribution in [0.5, 0.6) is 0 Å². The van der Waals surface area contributed by atoms with Gasteiger partial charge in [-0.3, -0.25) is 4.79 Å². The van der Waals surface area contributed by atoms with Gasteiger partial charge in [0.2, 0.25) is 5.91 Å². The van der Waals surface area contributed by atoms with Crippen molar-refractivity contribution < 1.29 is 14.7 Å². The van der Waals surface area contributed by atoms with Crippen LogP contribution in [-0.4, -0.2) is 30.1 Å². The van der Waals surface area contributed by atoms with Crippen LogP contribution in [0.4, 0.5) is 5.69 Å². The number of anilines is 1. The van der Waals surface area contributed by atoms with Crippen LogP contribution in [-0.2, 0) is 9.59 Å². The zero-order chi connectivity index (χ0) is 13.7. The first-order valence-corrected chi connectivity index (χ1v) is 6.18. The minimum absolute atomic E-state index is 0.0267. The Kier molecular flexibility index (Phi) is 4.30. The van der Waals surface area contributed by atoms with E-state index in [4.69, 9.17) is 5.11 Å². The van der Waals surface area contributed by atoms with Crippen molar-refractivity contribution in [2.75, 3.05) is 18.4 Å². The molecule has 1 aliphatic heterocycles. The summed E-state index contributed by atoms with van der Waals surface area (Å²) in [5.41, 5.74) is 1.51. The summed E-state index contributed by atoms with van der Waals surface area (Å²) in [7, 11) is 0. The molecule has 1 amide bonds. The molecule has 5 heteroatoms. The maximum Gasteiger partial charge on any atom is 0.328 e. The van der Waals surface area contributed by atoms with Gasteiger partial charge in [0.1, 0.15) is 0 Å². The minimum Gasteiger partial charge on any atom is -0.478 e. The smallest absolute Gasteiger partial charge is 0.328 e. The molecule has 1 saturated heterocycles. The number of hydrogen-bond donors (Lipinski definition) is 3. The fourth-order valence-corrected chi connectivity index (χ4v) is 1.97. The van der Waals surface area contributed by atoms with E-state index in [9.17, 15) is 9.59 Å². The third-order valence-corrected chi connectivity index (χ3v) is 3.03. The van der Waals surface area contributed by atoms with E-state index in [1.165, 1.54) is 6.08 Å². The minimum atomic E-state index is -0.980. The van der Waals surface area contributed by atoms with Gasteiger partial charge >= 0.3 is 5.97 Å². The molecule has 100 valence electrons. The Balaban J connectivity index is 1.94. The Bertz CT molecular complexity index is 488. The van der Waals surface area contributed by atoms with E-state index in [0.29, 0.717) is 0 Å². The van der Waals surface area contributed by atoms with Crippen molar-refractivity contribution >= 4 is 23.6 Å². The lowest BCUT2D eigenvalue weighted by molar-refractivity contribution is -0.131. The van der Waals surface area contributed by atoms with E-state index in [0.717, 1.165) is 36.8 Å². The van der Waals surface area contributed by atoms with Crippen molar-refractivity contribution in [3.63, 3.8) is 0 Å². The fraction of sp³-hybridized carbons (Fsp3) is 0.286. The van der Waals surface area contributed by atoms with Gasteiger partial charge in [0, 0.05) is 18.3 Å². The highest BCUT2D eigenvalue weighted by Crippen LogP contribution is 2.14. The molecule has 1 atom stereocenters. The van der Waals surface area contributed by atoms with E-state index >= 15 is 0 Å². The Morgan fingerprint density at radius 1 is 1.32 bits per heavy atom. The average molecular weight is 260 g/mol. The molecule has 0 spiro atoms. The zero-order valence-corrected chi connectivity index (χ0v) is 10.4. The first-order valence-electron chi connectivity index (χ1n) is 6.18. The van der Waals surface area contributed by atoms with Crippen LogP contribution in [0.1, 0.15) is 12.0 Å². The van der Waals surface area contributed by atoms with E-state index in [1.54, 1.807) is 24.3 Å². The van der Waals surface area contributed by atoms with Gasteiger partial charge in [0.05, 0.1) is 5.92 Å². The molecule has 0 bridgehead atoms. The molecule has 5 nitrogen and oxygen atoms in total. The van der Waals surface area contributed by atoms with Crippen LogP contribution in [0, 0.1) is 5.92 Å². The molecular weight excluding hydrogens is 244 g/mol. The van der Waals surface area contributed by atoms with Gasteiger partial charge in [0.15, 0.2) is 0 Å². The molecule has 0 radical (unpaired) electrons. The van der Waals surface area contributed by atoms with Crippen molar-refractivity contribution in [1.82, 2.24) is 5.32 Å². The summed E-state index contributed by atoms with van der Waals surface area (Å²) in [5.74, 6) is -0.920. The number of carbonyl (C=O) groups is 2. The third-order valence-electron chi connectivity index (χ3n) is 3.03. The molecular formula is C14H16N2O3. The van der Waals surface area contributed by atoms with Gasteiger partial charge in [0.25, 0.3) is 0 Å². The Morgan fingerprint density at radius 2 is 2.05 bits per heavy atom. The summed E-state index contributed by atoms with van der Waals surface area (Å²) in [6.45, 7) is 1.61.